The van der Waals surface area contributed by atoms with Crippen molar-refractivity contribution in [3.63, 3.8) is 0 Å². The van der Waals surface area contributed by atoms with E-state index in [4.69, 9.17) is 4.74 Å². The van der Waals surface area contributed by atoms with Crippen LogP contribution in [0.4, 0.5) is 0 Å². The van der Waals surface area contributed by atoms with Crippen molar-refractivity contribution in [3.8, 4) is 5.75 Å². The van der Waals surface area contributed by atoms with Crippen LogP contribution in [0.3, 0.4) is 0 Å². The van der Waals surface area contributed by atoms with Gasteiger partial charge in [-0.05, 0) is 39.0 Å². The van der Waals surface area contributed by atoms with Gasteiger partial charge < -0.3 is 10.1 Å². The Morgan fingerprint density at radius 1 is 1.04 bits per heavy atom. The maximum atomic E-state index is 12.7. The fraction of sp³-hybridized carbons (Fsp3) is 0.286. The van der Waals surface area contributed by atoms with Crippen LogP contribution in [0.15, 0.2) is 42.5 Å². The number of benzene rings is 2. The van der Waals surface area contributed by atoms with E-state index in [-0.39, 0.29) is 6.04 Å². The Morgan fingerprint density at radius 2 is 1.63 bits per heavy atom. The summed E-state index contributed by atoms with van der Waals surface area (Å²) in [6.45, 7) is 5.35. The summed E-state index contributed by atoms with van der Waals surface area (Å²) in [6, 6.07) is 11.0. The highest BCUT2D eigenvalue weighted by Gasteiger charge is 2.40. The molecule has 2 aromatic carbocycles. The molecule has 1 aliphatic rings. The Kier molecular flexibility index (Phi) is 4.99. The third-order valence-electron chi connectivity index (χ3n) is 4.80. The van der Waals surface area contributed by atoms with E-state index in [2.05, 4.69) is 5.32 Å². The highest BCUT2D eigenvalue weighted by molar-refractivity contribution is 6.22. The van der Waals surface area contributed by atoms with Gasteiger partial charge in [0.2, 0.25) is 5.91 Å². The van der Waals surface area contributed by atoms with E-state index in [1.807, 2.05) is 32.0 Å². The summed E-state index contributed by atoms with van der Waals surface area (Å²) >= 11 is 0. The number of amides is 3. The number of aryl methyl sites for hydroxylation is 1. The van der Waals surface area contributed by atoms with E-state index in [1.54, 1.807) is 38.3 Å². The SMILES string of the molecule is COc1ccc(C)cc1[C@H](C)NC(=O)[C@H](C)N1C(=O)c2ccccc2C1=O. The minimum atomic E-state index is -0.921. The number of imide groups is 1. The van der Waals surface area contributed by atoms with Crippen LogP contribution in [-0.4, -0.2) is 35.8 Å². The molecule has 1 N–H and O–H groups in total. The third kappa shape index (κ3) is 3.30. The molecule has 0 radical (unpaired) electrons. The molecule has 0 spiro atoms. The zero-order chi connectivity index (χ0) is 19.7. The summed E-state index contributed by atoms with van der Waals surface area (Å²) in [7, 11) is 1.57. The molecule has 2 atom stereocenters. The first-order valence-corrected chi connectivity index (χ1v) is 8.77. The van der Waals surface area contributed by atoms with Crippen LogP contribution in [0, 0.1) is 6.92 Å². The summed E-state index contributed by atoms with van der Waals surface area (Å²) in [5, 5.41) is 2.88. The van der Waals surface area contributed by atoms with Crippen LogP contribution >= 0.6 is 0 Å². The predicted octanol–water partition coefficient (Wildman–Crippen LogP) is 2.87. The molecular formula is C21H22N2O4. The Labute approximate surface area is 158 Å². The number of methoxy groups -OCH3 is 1. The number of ether oxygens (including phenoxy) is 1. The molecule has 6 nitrogen and oxygen atoms in total. The summed E-state index contributed by atoms with van der Waals surface area (Å²) in [4.78, 5) is 38.9. The third-order valence-corrected chi connectivity index (χ3v) is 4.80. The molecule has 1 heterocycles. The lowest BCUT2D eigenvalue weighted by Gasteiger charge is -2.24. The van der Waals surface area contributed by atoms with Crippen molar-refractivity contribution >= 4 is 17.7 Å². The molecule has 27 heavy (non-hydrogen) atoms. The van der Waals surface area contributed by atoms with Gasteiger partial charge in [-0.3, -0.25) is 19.3 Å². The second-order valence-electron chi connectivity index (χ2n) is 6.68. The molecule has 1 aliphatic heterocycles. The van der Waals surface area contributed by atoms with Gasteiger partial charge in [-0.25, -0.2) is 0 Å². The lowest BCUT2D eigenvalue weighted by Crippen LogP contribution is -2.48. The number of hydrogen-bond acceptors (Lipinski definition) is 4. The average Bonchev–Trinajstić information content (AvgIpc) is 2.92. The molecular weight excluding hydrogens is 344 g/mol. The number of carbonyl (C=O) groups excluding carboxylic acids is 3. The average molecular weight is 366 g/mol. The highest BCUT2D eigenvalue weighted by Crippen LogP contribution is 2.27. The van der Waals surface area contributed by atoms with Crippen molar-refractivity contribution in [2.24, 2.45) is 0 Å². The van der Waals surface area contributed by atoms with Gasteiger partial charge in [-0.2, -0.15) is 0 Å². The van der Waals surface area contributed by atoms with Crippen LogP contribution in [0.25, 0.3) is 0 Å². The molecule has 140 valence electrons. The molecule has 0 bridgehead atoms. The molecule has 2 aromatic rings. The minimum Gasteiger partial charge on any atom is -0.496 e. The minimum absolute atomic E-state index is 0.329. The fourth-order valence-electron chi connectivity index (χ4n) is 3.28. The van der Waals surface area contributed by atoms with E-state index in [1.165, 1.54) is 0 Å². The van der Waals surface area contributed by atoms with E-state index < -0.39 is 23.8 Å². The smallest absolute Gasteiger partial charge is 0.262 e. The molecule has 0 aromatic heterocycles. The van der Waals surface area contributed by atoms with Gasteiger partial charge >= 0.3 is 0 Å². The van der Waals surface area contributed by atoms with Gasteiger partial charge in [0.15, 0.2) is 0 Å². The largest absolute Gasteiger partial charge is 0.496 e. The van der Waals surface area contributed by atoms with Gasteiger partial charge in [0, 0.05) is 5.56 Å². The van der Waals surface area contributed by atoms with Crippen LogP contribution in [0.1, 0.15) is 51.7 Å². The lowest BCUT2D eigenvalue weighted by molar-refractivity contribution is -0.125. The standard InChI is InChI=1S/C21H22N2O4/c1-12-9-10-18(27-4)17(11-12)13(2)22-19(24)14(3)23-20(25)15-7-5-6-8-16(15)21(23)26/h5-11,13-14H,1-4H3,(H,22,24)/t13-,14-/m0/s1. The molecule has 3 amide bonds. The maximum Gasteiger partial charge on any atom is 0.262 e. The van der Waals surface area contributed by atoms with Crippen LogP contribution in [0.2, 0.25) is 0 Å². The highest BCUT2D eigenvalue weighted by atomic mass is 16.5. The molecule has 0 saturated carbocycles. The monoisotopic (exact) mass is 366 g/mol. The second kappa shape index (κ2) is 7.23. The molecule has 6 heteroatoms. The number of nitrogens with zero attached hydrogens (tertiary/aromatic N) is 1. The van der Waals surface area contributed by atoms with Crippen LogP contribution < -0.4 is 10.1 Å². The topological polar surface area (TPSA) is 75.7 Å². The van der Waals surface area contributed by atoms with Gasteiger partial charge in [0.25, 0.3) is 11.8 Å². The number of nitrogens with one attached hydrogen (secondary N) is 1. The molecule has 0 saturated heterocycles. The van der Waals surface area contributed by atoms with E-state index in [9.17, 15) is 14.4 Å². The second-order valence-corrected chi connectivity index (χ2v) is 6.68. The quantitative estimate of drug-likeness (QED) is 0.826. The van der Waals surface area contributed by atoms with Gasteiger partial charge in [-0.15, -0.1) is 0 Å². The molecule has 0 fully saturated rings. The lowest BCUT2D eigenvalue weighted by atomic mass is 10.0. The Bertz CT molecular complexity index is 887. The Balaban J connectivity index is 1.78. The summed E-state index contributed by atoms with van der Waals surface area (Å²) in [5.41, 5.74) is 2.53. The Morgan fingerprint density at radius 3 is 2.19 bits per heavy atom. The first-order chi connectivity index (χ1) is 12.8. The zero-order valence-corrected chi connectivity index (χ0v) is 15.8. The van der Waals surface area contributed by atoms with Crippen molar-refractivity contribution in [2.75, 3.05) is 7.11 Å². The predicted molar refractivity (Wildman–Crippen MR) is 101 cm³/mol. The van der Waals surface area contributed by atoms with E-state index in [0.717, 1.165) is 16.0 Å². The van der Waals surface area contributed by atoms with E-state index in [0.29, 0.717) is 16.9 Å². The van der Waals surface area contributed by atoms with Gasteiger partial charge in [0.1, 0.15) is 11.8 Å². The van der Waals surface area contributed by atoms with Gasteiger partial charge in [-0.1, -0.05) is 29.8 Å². The zero-order valence-electron chi connectivity index (χ0n) is 15.8. The number of hydrogen-bond donors (Lipinski definition) is 1. The fourth-order valence-corrected chi connectivity index (χ4v) is 3.28. The number of fused-ring (bicyclic) bond motifs is 1. The van der Waals surface area contributed by atoms with Crippen molar-refractivity contribution in [1.29, 1.82) is 0 Å². The summed E-state index contributed by atoms with van der Waals surface area (Å²) < 4.78 is 5.37. The summed E-state index contributed by atoms with van der Waals surface area (Å²) in [5.74, 6) is -0.625. The molecule has 0 aliphatic carbocycles. The van der Waals surface area contributed by atoms with E-state index >= 15 is 0 Å². The Hall–Kier alpha value is -3.15. The van der Waals surface area contributed by atoms with Crippen molar-refractivity contribution in [3.05, 3.63) is 64.7 Å². The first kappa shape index (κ1) is 18.6. The normalized spacial score (nSPS) is 15.3. The van der Waals surface area contributed by atoms with Gasteiger partial charge in [0.05, 0.1) is 24.3 Å². The van der Waals surface area contributed by atoms with Crippen LogP contribution in [0.5, 0.6) is 5.75 Å². The molecule has 0 unspecified atom stereocenters. The number of carbonyl (C=O) groups is 3. The van der Waals surface area contributed by atoms with Crippen molar-refractivity contribution in [1.82, 2.24) is 10.2 Å². The molecule has 3 rings (SSSR count). The van der Waals surface area contributed by atoms with Crippen molar-refractivity contribution in [2.45, 2.75) is 32.9 Å². The number of rotatable bonds is 5. The first-order valence-electron chi connectivity index (χ1n) is 8.77. The van der Waals surface area contributed by atoms with Crippen molar-refractivity contribution < 1.29 is 19.1 Å². The van der Waals surface area contributed by atoms with Crippen LogP contribution in [-0.2, 0) is 4.79 Å². The maximum absolute atomic E-state index is 12.7. The summed E-state index contributed by atoms with van der Waals surface area (Å²) in [6.07, 6.45) is 0.